The van der Waals surface area contributed by atoms with Gasteiger partial charge in [-0.3, -0.25) is 4.79 Å². The van der Waals surface area contributed by atoms with Crippen LogP contribution in [0.2, 0.25) is 5.02 Å². The maximum atomic E-state index is 13.3. The summed E-state index contributed by atoms with van der Waals surface area (Å²) in [6, 6.07) is 13.1. The standard InChI is InChI=1S/C19H12ClFN4O2/c1-11-3-2-4-13(9-11)25-8-7-16(26)17(23-25)19-22-18(24-27-19)12-5-6-15(21)14(20)10-12/h2-10H,1H3. The van der Waals surface area contributed by atoms with Gasteiger partial charge in [0.1, 0.15) is 5.82 Å². The van der Waals surface area contributed by atoms with E-state index in [4.69, 9.17) is 16.1 Å². The summed E-state index contributed by atoms with van der Waals surface area (Å²) in [5.41, 5.74) is 1.98. The average Bonchev–Trinajstić information content (AvgIpc) is 3.14. The molecule has 8 heteroatoms. The van der Waals surface area contributed by atoms with Crippen molar-refractivity contribution in [1.29, 1.82) is 0 Å². The minimum atomic E-state index is -0.546. The van der Waals surface area contributed by atoms with Crippen LogP contribution in [0, 0.1) is 12.7 Å². The highest BCUT2D eigenvalue weighted by Gasteiger charge is 2.16. The molecule has 0 atom stereocenters. The molecule has 27 heavy (non-hydrogen) atoms. The van der Waals surface area contributed by atoms with E-state index in [-0.39, 0.29) is 27.9 Å². The molecule has 0 radical (unpaired) electrons. The zero-order valence-corrected chi connectivity index (χ0v) is 14.8. The second-order valence-electron chi connectivity index (χ2n) is 5.86. The van der Waals surface area contributed by atoms with Gasteiger partial charge in [0.25, 0.3) is 5.89 Å². The maximum absolute atomic E-state index is 13.3. The Hall–Kier alpha value is -3.32. The highest BCUT2D eigenvalue weighted by atomic mass is 35.5. The Kier molecular flexibility index (Phi) is 4.29. The lowest BCUT2D eigenvalue weighted by Crippen LogP contribution is -2.12. The van der Waals surface area contributed by atoms with Crippen molar-refractivity contribution in [3.05, 3.63) is 81.4 Å². The first-order valence-corrected chi connectivity index (χ1v) is 8.35. The van der Waals surface area contributed by atoms with Crippen LogP contribution < -0.4 is 5.43 Å². The van der Waals surface area contributed by atoms with Gasteiger partial charge < -0.3 is 4.52 Å². The molecule has 0 bridgehead atoms. The van der Waals surface area contributed by atoms with Gasteiger partial charge in [0, 0.05) is 17.8 Å². The van der Waals surface area contributed by atoms with Crippen molar-refractivity contribution in [3.63, 3.8) is 0 Å². The number of hydrogen-bond acceptors (Lipinski definition) is 5. The van der Waals surface area contributed by atoms with Gasteiger partial charge >= 0.3 is 0 Å². The molecule has 6 nitrogen and oxygen atoms in total. The van der Waals surface area contributed by atoms with Crippen molar-refractivity contribution in [3.8, 4) is 28.7 Å². The van der Waals surface area contributed by atoms with Gasteiger partial charge in [-0.15, -0.1) is 0 Å². The van der Waals surface area contributed by atoms with Gasteiger partial charge in [0.2, 0.25) is 11.3 Å². The summed E-state index contributed by atoms with van der Waals surface area (Å²) < 4.78 is 20.1. The summed E-state index contributed by atoms with van der Waals surface area (Å²) in [5.74, 6) is -0.397. The summed E-state index contributed by atoms with van der Waals surface area (Å²) in [4.78, 5) is 16.4. The molecule has 0 aliphatic heterocycles. The molecule has 0 fully saturated rings. The largest absolute Gasteiger partial charge is 0.332 e. The Labute approximate surface area is 157 Å². The van der Waals surface area contributed by atoms with Crippen LogP contribution >= 0.6 is 11.6 Å². The number of benzene rings is 2. The van der Waals surface area contributed by atoms with Crippen LogP contribution in [0.15, 0.2) is 64.0 Å². The van der Waals surface area contributed by atoms with E-state index >= 15 is 0 Å². The van der Waals surface area contributed by atoms with E-state index in [9.17, 15) is 9.18 Å². The zero-order chi connectivity index (χ0) is 19.0. The van der Waals surface area contributed by atoms with E-state index in [2.05, 4.69) is 15.2 Å². The third-order valence-electron chi connectivity index (χ3n) is 3.88. The second kappa shape index (κ2) is 6.77. The summed E-state index contributed by atoms with van der Waals surface area (Å²) >= 11 is 5.79. The van der Waals surface area contributed by atoms with Crippen molar-refractivity contribution in [1.82, 2.24) is 19.9 Å². The number of halogens is 2. The van der Waals surface area contributed by atoms with E-state index < -0.39 is 5.82 Å². The van der Waals surface area contributed by atoms with Gasteiger partial charge in [-0.05, 0) is 42.8 Å². The number of rotatable bonds is 3. The summed E-state index contributed by atoms with van der Waals surface area (Å²) in [6.45, 7) is 1.96. The highest BCUT2D eigenvalue weighted by molar-refractivity contribution is 6.31. The fourth-order valence-electron chi connectivity index (χ4n) is 2.54. The fourth-order valence-corrected chi connectivity index (χ4v) is 2.72. The van der Waals surface area contributed by atoms with Crippen LogP contribution in [-0.4, -0.2) is 19.9 Å². The molecule has 2 aromatic heterocycles. The van der Waals surface area contributed by atoms with Crippen molar-refractivity contribution in [2.45, 2.75) is 6.92 Å². The van der Waals surface area contributed by atoms with Gasteiger partial charge in [0.15, 0.2) is 5.69 Å². The molecule has 0 spiro atoms. The molecule has 134 valence electrons. The van der Waals surface area contributed by atoms with E-state index in [0.29, 0.717) is 5.56 Å². The van der Waals surface area contributed by atoms with Crippen molar-refractivity contribution < 1.29 is 8.91 Å². The predicted octanol–water partition coefficient (Wildman–Crippen LogP) is 4.05. The SMILES string of the molecule is Cc1cccc(-n2ccc(=O)c(-c3nc(-c4ccc(F)c(Cl)c4)no3)n2)c1. The van der Waals surface area contributed by atoms with Crippen LogP contribution in [0.5, 0.6) is 0 Å². The van der Waals surface area contributed by atoms with Crippen LogP contribution in [0.4, 0.5) is 4.39 Å². The highest BCUT2D eigenvalue weighted by Crippen LogP contribution is 2.24. The molecule has 2 aromatic carbocycles. The molecule has 0 saturated carbocycles. The lowest BCUT2D eigenvalue weighted by molar-refractivity contribution is 0.429. The van der Waals surface area contributed by atoms with Gasteiger partial charge in [0.05, 0.1) is 10.7 Å². The average molecular weight is 383 g/mol. The molecule has 4 aromatic rings. The Morgan fingerprint density at radius 3 is 2.78 bits per heavy atom. The van der Waals surface area contributed by atoms with Gasteiger partial charge in [-0.1, -0.05) is 28.9 Å². The van der Waals surface area contributed by atoms with E-state index in [1.54, 1.807) is 10.9 Å². The Morgan fingerprint density at radius 2 is 2.00 bits per heavy atom. The first-order chi connectivity index (χ1) is 13.0. The summed E-state index contributed by atoms with van der Waals surface area (Å²) in [5, 5.41) is 8.09. The number of aromatic nitrogens is 4. The second-order valence-corrected chi connectivity index (χ2v) is 6.27. The first-order valence-electron chi connectivity index (χ1n) is 7.98. The van der Waals surface area contributed by atoms with Crippen molar-refractivity contribution >= 4 is 11.6 Å². The third-order valence-corrected chi connectivity index (χ3v) is 4.17. The van der Waals surface area contributed by atoms with E-state index in [1.165, 1.54) is 24.3 Å². The molecule has 2 heterocycles. The summed E-state index contributed by atoms with van der Waals surface area (Å²) in [6.07, 6.45) is 1.57. The van der Waals surface area contributed by atoms with Gasteiger partial charge in [-0.2, -0.15) is 10.1 Å². The predicted molar refractivity (Wildman–Crippen MR) is 98.3 cm³/mol. The number of nitrogens with zero attached hydrogens (tertiary/aromatic N) is 4. The topological polar surface area (TPSA) is 73.8 Å². The molecular formula is C19H12ClFN4O2. The smallest absolute Gasteiger partial charge is 0.282 e. The molecule has 4 rings (SSSR count). The van der Waals surface area contributed by atoms with Crippen molar-refractivity contribution in [2.75, 3.05) is 0 Å². The molecule has 0 unspecified atom stereocenters. The molecule has 0 saturated heterocycles. The van der Waals surface area contributed by atoms with Crippen LogP contribution in [0.3, 0.4) is 0 Å². The quantitative estimate of drug-likeness (QED) is 0.534. The van der Waals surface area contributed by atoms with Crippen LogP contribution in [0.1, 0.15) is 5.56 Å². The minimum absolute atomic E-state index is 0.0194. The molecular weight excluding hydrogens is 371 g/mol. The fraction of sp³-hybridized carbons (Fsp3) is 0.0526. The van der Waals surface area contributed by atoms with Gasteiger partial charge in [-0.25, -0.2) is 9.07 Å². The lowest BCUT2D eigenvalue weighted by atomic mass is 10.2. The first kappa shape index (κ1) is 17.1. The molecule has 0 aliphatic rings. The maximum Gasteiger partial charge on any atom is 0.282 e. The third kappa shape index (κ3) is 3.37. The van der Waals surface area contributed by atoms with Crippen LogP contribution in [0.25, 0.3) is 28.7 Å². The molecule has 0 N–H and O–H groups in total. The minimum Gasteiger partial charge on any atom is -0.332 e. The Morgan fingerprint density at radius 1 is 1.15 bits per heavy atom. The zero-order valence-electron chi connectivity index (χ0n) is 14.1. The van der Waals surface area contributed by atoms with E-state index in [0.717, 1.165) is 11.3 Å². The lowest BCUT2D eigenvalue weighted by Gasteiger charge is -2.06. The number of aryl methyl sites for hydroxylation is 1. The van der Waals surface area contributed by atoms with Crippen molar-refractivity contribution in [2.24, 2.45) is 0 Å². The normalized spacial score (nSPS) is 10.9. The Balaban J connectivity index is 1.76. The number of hydrogen-bond donors (Lipinski definition) is 0. The molecule has 0 amide bonds. The van der Waals surface area contributed by atoms with Crippen LogP contribution in [-0.2, 0) is 0 Å². The Bertz CT molecular complexity index is 1200. The summed E-state index contributed by atoms with van der Waals surface area (Å²) in [7, 11) is 0. The molecule has 0 aliphatic carbocycles. The monoisotopic (exact) mass is 382 g/mol. The van der Waals surface area contributed by atoms with E-state index in [1.807, 2.05) is 31.2 Å².